The summed E-state index contributed by atoms with van der Waals surface area (Å²) in [5.74, 6) is 0.807. The van der Waals surface area contributed by atoms with Gasteiger partial charge in [-0.05, 0) is 30.2 Å². The average molecular weight is 366 g/mol. The number of hydrogen-bond acceptors (Lipinski definition) is 4. The van der Waals surface area contributed by atoms with E-state index in [1.54, 1.807) is 31.3 Å². The molecule has 2 aliphatic rings. The summed E-state index contributed by atoms with van der Waals surface area (Å²) in [6, 6.07) is 13.3. The van der Waals surface area contributed by atoms with Crippen LogP contribution in [-0.2, 0) is 16.0 Å². The standard InChI is InChI=1S/C21H22N2O4/c1-26-18-8-7-16(12-19(18)27-2)23-13-15(11-20(23)24)21(25)22-10-9-14-5-3-4-6-17(14)22/h3-8,12,15H,9-11,13H2,1-2H3/t15-/m0/s1. The Bertz CT molecular complexity index is 896. The summed E-state index contributed by atoms with van der Waals surface area (Å²) < 4.78 is 10.6. The van der Waals surface area contributed by atoms with Crippen molar-refractivity contribution in [3.8, 4) is 11.5 Å². The van der Waals surface area contributed by atoms with Crippen molar-refractivity contribution in [1.29, 1.82) is 0 Å². The number of methoxy groups -OCH3 is 2. The van der Waals surface area contributed by atoms with E-state index in [9.17, 15) is 9.59 Å². The van der Waals surface area contributed by atoms with Gasteiger partial charge < -0.3 is 19.3 Å². The van der Waals surface area contributed by atoms with Gasteiger partial charge in [0.15, 0.2) is 11.5 Å². The molecule has 6 nitrogen and oxygen atoms in total. The maximum atomic E-state index is 13.1. The second-order valence-corrected chi connectivity index (χ2v) is 6.81. The molecular formula is C21H22N2O4. The monoisotopic (exact) mass is 366 g/mol. The molecular weight excluding hydrogens is 344 g/mol. The van der Waals surface area contributed by atoms with Crippen LogP contribution in [0.2, 0.25) is 0 Å². The van der Waals surface area contributed by atoms with Gasteiger partial charge in [0.2, 0.25) is 11.8 Å². The minimum atomic E-state index is -0.336. The number of para-hydroxylation sites is 1. The first kappa shape index (κ1) is 17.4. The van der Waals surface area contributed by atoms with Crippen LogP contribution in [0.25, 0.3) is 0 Å². The summed E-state index contributed by atoms with van der Waals surface area (Å²) in [6.07, 6.45) is 1.09. The Morgan fingerprint density at radius 2 is 1.85 bits per heavy atom. The predicted molar refractivity (Wildman–Crippen MR) is 103 cm³/mol. The maximum absolute atomic E-state index is 13.1. The van der Waals surface area contributed by atoms with Gasteiger partial charge in [0.05, 0.1) is 20.1 Å². The molecule has 0 aliphatic carbocycles. The minimum absolute atomic E-state index is 0.0243. The van der Waals surface area contributed by atoms with E-state index >= 15 is 0 Å². The zero-order chi connectivity index (χ0) is 19.0. The first-order chi connectivity index (χ1) is 13.1. The number of benzene rings is 2. The van der Waals surface area contributed by atoms with Gasteiger partial charge >= 0.3 is 0 Å². The van der Waals surface area contributed by atoms with Gasteiger partial charge in [-0.3, -0.25) is 9.59 Å². The van der Waals surface area contributed by atoms with Gasteiger partial charge in [-0.1, -0.05) is 18.2 Å². The lowest BCUT2D eigenvalue weighted by Gasteiger charge is -2.22. The molecule has 0 N–H and O–H groups in total. The lowest BCUT2D eigenvalue weighted by molar-refractivity contribution is -0.124. The van der Waals surface area contributed by atoms with Crippen molar-refractivity contribution in [3.63, 3.8) is 0 Å². The molecule has 6 heteroatoms. The van der Waals surface area contributed by atoms with Crippen molar-refractivity contribution in [2.24, 2.45) is 5.92 Å². The van der Waals surface area contributed by atoms with E-state index in [1.165, 1.54) is 5.56 Å². The molecule has 2 amide bonds. The number of nitrogens with zero attached hydrogens (tertiary/aromatic N) is 2. The molecule has 1 atom stereocenters. The molecule has 1 saturated heterocycles. The molecule has 0 radical (unpaired) electrons. The zero-order valence-corrected chi connectivity index (χ0v) is 15.5. The Balaban J connectivity index is 1.54. The third kappa shape index (κ3) is 3.01. The first-order valence-corrected chi connectivity index (χ1v) is 9.04. The van der Waals surface area contributed by atoms with Crippen LogP contribution in [-0.4, -0.2) is 39.1 Å². The van der Waals surface area contributed by atoms with Crippen molar-refractivity contribution in [2.75, 3.05) is 37.1 Å². The van der Waals surface area contributed by atoms with E-state index in [2.05, 4.69) is 6.07 Å². The smallest absolute Gasteiger partial charge is 0.232 e. The molecule has 1 fully saturated rings. The fourth-order valence-corrected chi connectivity index (χ4v) is 3.90. The molecule has 0 aromatic heterocycles. The molecule has 2 aromatic carbocycles. The third-order valence-electron chi connectivity index (χ3n) is 5.31. The highest BCUT2D eigenvalue weighted by atomic mass is 16.5. The molecule has 140 valence electrons. The number of rotatable bonds is 4. The summed E-state index contributed by atoms with van der Waals surface area (Å²) in [4.78, 5) is 29.1. The van der Waals surface area contributed by atoms with Gasteiger partial charge in [0.25, 0.3) is 0 Å². The lowest BCUT2D eigenvalue weighted by atomic mass is 10.1. The Morgan fingerprint density at radius 3 is 2.63 bits per heavy atom. The maximum Gasteiger partial charge on any atom is 0.232 e. The zero-order valence-electron chi connectivity index (χ0n) is 15.5. The van der Waals surface area contributed by atoms with Crippen LogP contribution in [0.3, 0.4) is 0 Å². The van der Waals surface area contributed by atoms with E-state index in [0.29, 0.717) is 24.6 Å². The molecule has 0 spiro atoms. The first-order valence-electron chi connectivity index (χ1n) is 9.04. The van der Waals surface area contributed by atoms with E-state index < -0.39 is 0 Å². The van der Waals surface area contributed by atoms with Gasteiger partial charge in [0, 0.05) is 37.0 Å². The summed E-state index contributed by atoms with van der Waals surface area (Å²) in [5, 5.41) is 0. The topological polar surface area (TPSA) is 59.1 Å². The van der Waals surface area contributed by atoms with E-state index in [0.717, 1.165) is 17.8 Å². The number of anilines is 2. The van der Waals surface area contributed by atoms with Crippen molar-refractivity contribution in [3.05, 3.63) is 48.0 Å². The van der Waals surface area contributed by atoms with Gasteiger partial charge in [-0.25, -0.2) is 0 Å². The molecule has 2 aliphatic heterocycles. The fourth-order valence-electron chi connectivity index (χ4n) is 3.90. The Kier molecular flexibility index (Phi) is 4.48. The van der Waals surface area contributed by atoms with Crippen LogP contribution in [0, 0.1) is 5.92 Å². The van der Waals surface area contributed by atoms with Crippen LogP contribution in [0.15, 0.2) is 42.5 Å². The van der Waals surface area contributed by atoms with Gasteiger partial charge in [0.1, 0.15) is 0 Å². The summed E-state index contributed by atoms with van der Waals surface area (Å²) >= 11 is 0. The highest BCUT2D eigenvalue weighted by molar-refractivity contribution is 6.05. The Morgan fingerprint density at radius 1 is 1.07 bits per heavy atom. The van der Waals surface area contributed by atoms with Crippen LogP contribution in [0.1, 0.15) is 12.0 Å². The molecule has 4 rings (SSSR count). The highest BCUT2D eigenvalue weighted by Crippen LogP contribution is 2.36. The molecule has 0 saturated carbocycles. The number of fused-ring (bicyclic) bond motifs is 1. The summed E-state index contributed by atoms with van der Waals surface area (Å²) in [6.45, 7) is 1.06. The van der Waals surface area contributed by atoms with E-state index in [4.69, 9.17) is 9.47 Å². The van der Waals surface area contributed by atoms with Crippen LogP contribution >= 0.6 is 0 Å². The normalized spacial score (nSPS) is 18.6. The third-order valence-corrected chi connectivity index (χ3v) is 5.31. The van der Waals surface area contributed by atoms with Crippen molar-refractivity contribution < 1.29 is 19.1 Å². The molecule has 27 heavy (non-hydrogen) atoms. The van der Waals surface area contributed by atoms with Crippen molar-refractivity contribution >= 4 is 23.2 Å². The van der Waals surface area contributed by atoms with Crippen LogP contribution in [0.5, 0.6) is 11.5 Å². The quantitative estimate of drug-likeness (QED) is 0.835. The number of carbonyl (C=O) groups excluding carboxylic acids is 2. The van der Waals surface area contributed by atoms with Crippen molar-refractivity contribution in [1.82, 2.24) is 0 Å². The molecule has 0 unspecified atom stereocenters. The SMILES string of the molecule is COc1ccc(N2C[C@@H](C(=O)N3CCc4ccccc43)CC2=O)cc1OC. The Hall–Kier alpha value is -3.02. The summed E-state index contributed by atoms with van der Waals surface area (Å²) in [7, 11) is 3.13. The minimum Gasteiger partial charge on any atom is -0.493 e. The second-order valence-electron chi connectivity index (χ2n) is 6.81. The number of hydrogen-bond donors (Lipinski definition) is 0. The second kappa shape index (κ2) is 6.95. The van der Waals surface area contributed by atoms with Crippen LogP contribution < -0.4 is 19.3 Å². The van der Waals surface area contributed by atoms with Gasteiger partial charge in [-0.15, -0.1) is 0 Å². The predicted octanol–water partition coefficient (Wildman–Crippen LogP) is 2.65. The number of amides is 2. The molecule has 0 bridgehead atoms. The Labute approximate surface area is 158 Å². The van der Waals surface area contributed by atoms with Gasteiger partial charge in [-0.2, -0.15) is 0 Å². The molecule has 2 heterocycles. The summed E-state index contributed by atoms with van der Waals surface area (Å²) in [5.41, 5.74) is 2.88. The van der Waals surface area contributed by atoms with Crippen LogP contribution in [0.4, 0.5) is 11.4 Å². The average Bonchev–Trinajstić information content (AvgIpc) is 3.30. The number of carbonyl (C=O) groups is 2. The fraction of sp³-hybridized carbons (Fsp3) is 0.333. The van der Waals surface area contributed by atoms with Crippen molar-refractivity contribution in [2.45, 2.75) is 12.8 Å². The van der Waals surface area contributed by atoms with E-state index in [1.807, 2.05) is 29.2 Å². The largest absolute Gasteiger partial charge is 0.493 e. The highest BCUT2D eigenvalue weighted by Gasteiger charge is 2.39. The van der Waals surface area contributed by atoms with E-state index in [-0.39, 0.29) is 24.2 Å². The lowest BCUT2D eigenvalue weighted by Crippen LogP contribution is -2.36. The number of ether oxygens (including phenoxy) is 2. The molecule has 2 aromatic rings.